The van der Waals surface area contributed by atoms with E-state index in [4.69, 9.17) is 22.1 Å². The van der Waals surface area contributed by atoms with E-state index >= 15 is 0 Å². The Morgan fingerprint density at radius 1 is 1.29 bits per heavy atom. The van der Waals surface area contributed by atoms with E-state index in [0.717, 1.165) is 12.2 Å². The maximum Gasteiger partial charge on any atom is 0.275 e. The van der Waals surface area contributed by atoms with Gasteiger partial charge in [0.25, 0.3) is 5.91 Å². The number of carbonyl (C=O) groups is 1. The van der Waals surface area contributed by atoms with Crippen LogP contribution in [0.1, 0.15) is 23.8 Å². The van der Waals surface area contributed by atoms with Gasteiger partial charge in [0.2, 0.25) is 0 Å². The van der Waals surface area contributed by atoms with Gasteiger partial charge in [-0.2, -0.15) is 0 Å². The van der Waals surface area contributed by atoms with Crippen molar-refractivity contribution in [1.29, 1.82) is 0 Å². The van der Waals surface area contributed by atoms with Crippen molar-refractivity contribution >= 4 is 29.0 Å². The number of nitrogens with zero attached hydrogens (tertiary/aromatic N) is 1. The molecule has 1 aromatic heterocycles. The Bertz CT molecular complexity index is 629. The summed E-state index contributed by atoms with van der Waals surface area (Å²) in [4.78, 5) is 16.0. The van der Waals surface area contributed by atoms with Gasteiger partial charge >= 0.3 is 0 Å². The van der Waals surface area contributed by atoms with E-state index in [0.29, 0.717) is 12.3 Å². The number of amides is 1. The zero-order valence-electron chi connectivity index (χ0n) is 11.6. The maximum atomic E-state index is 12.1. The van der Waals surface area contributed by atoms with Crippen LogP contribution in [0.25, 0.3) is 0 Å². The number of pyridine rings is 1. The predicted octanol–water partition coefficient (Wildman–Crippen LogP) is 3.36. The van der Waals surface area contributed by atoms with Crippen molar-refractivity contribution in [2.75, 3.05) is 17.7 Å². The number of halogens is 1. The third-order valence-electron chi connectivity index (χ3n) is 2.67. The van der Waals surface area contributed by atoms with Gasteiger partial charge in [-0.05, 0) is 42.8 Å². The molecular weight excluding hydrogens is 290 g/mol. The Morgan fingerprint density at radius 3 is 2.67 bits per heavy atom. The summed E-state index contributed by atoms with van der Waals surface area (Å²) in [5.41, 5.74) is 6.29. The number of anilines is 2. The summed E-state index contributed by atoms with van der Waals surface area (Å²) >= 11 is 5.94. The summed E-state index contributed by atoms with van der Waals surface area (Å²) in [6.07, 6.45) is 0.943. The lowest BCUT2D eigenvalue weighted by Crippen LogP contribution is -2.15. The summed E-state index contributed by atoms with van der Waals surface area (Å²) in [7, 11) is 0. The first-order chi connectivity index (χ1) is 10.1. The minimum Gasteiger partial charge on any atom is -0.494 e. The molecule has 0 saturated heterocycles. The molecule has 110 valence electrons. The number of hydrogen-bond donors (Lipinski definition) is 2. The number of nitrogens with two attached hydrogens (primary N) is 1. The van der Waals surface area contributed by atoms with Gasteiger partial charge in [0.05, 0.1) is 11.6 Å². The molecular formula is C15H16ClN3O2. The lowest BCUT2D eigenvalue weighted by molar-refractivity contribution is 0.102. The second-order valence-electron chi connectivity index (χ2n) is 4.39. The van der Waals surface area contributed by atoms with Crippen molar-refractivity contribution in [1.82, 2.24) is 4.98 Å². The van der Waals surface area contributed by atoms with Crippen molar-refractivity contribution < 1.29 is 9.53 Å². The number of hydrogen-bond acceptors (Lipinski definition) is 4. The molecule has 21 heavy (non-hydrogen) atoms. The molecule has 6 heteroatoms. The highest BCUT2D eigenvalue weighted by Crippen LogP contribution is 2.19. The summed E-state index contributed by atoms with van der Waals surface area (Å²) in [6, 6.07) is 10.2. The molecule has 3 N–H and O–H groups in total. The van der Waals surface area contributed by atoms with Crippen molar-refractivity contribution in [3.8, 4) is 5.75 Å². The van der Waals surface area contributed by atoms with E-state index in [1.165, 1.54) is 0 Å². The summed E-state index contributed by atoms with van der Waals surface area (Å²) in [5, 5.41) is 2.97. The van der Waals surface area contributed by atoms with Crippen molar-refractivity contribution in [2.45, 2.75) is 13.3 Å². The van der Waals surface area contributed by atoms with Crippen LogP contribution in [0.3, 0.4) is 0 Å². The van der Waals surface area contributed by atoms with E-state index in [1.54, 1.807) is 36.4 Å². The van der Waals surface area contributed by atoms with E-state index in [9.17, 15) is 4.79 Å². The minimum absolute atomic E-state index is 0.1000. The SMILES string of the molecule is CCCOc1ccc(NC(=O)c2nc(N)ccc2Cl)cc1. The van der Waals surface area contributed by atoms with Gasteiger partial charge in [0.15, 0.2) is 0 Å². The van der Waals surface area contributed by atoms with Gasteiger partial charge in [-0.1, -0.05) is 18.5 Å². The first-order valence-electron chi connectivity index (χ1n) is 6.56. The molecule has 0 unspecified atom stereocenters. The smallest absolute Gasteiger partial charge is 0.275 e. The molecule has 0 atom stereocenters. The quantitative estimate of drug-likeness (QED) is 0.888. The molecule has 1 heterocycles. The molecule has 0 bridgehead atoms. The standard InChI is InChI=1S/C15H16ClN3O2/c1-2-9-21-11-5-3-10(4-6-11)18-15(20)14-12(16)7-8-13(17)19-14/h3-8H,2,9H2,1H3,(H2,17,19)(H,18,20). The van der Waals surface area contributed by atoms with E-state index in [-0.39, 0.29) is 16.5 Å². The monoisotopic (exact) mass is 305 g/mol. The topological polar surface area (TPSA) is 77.2 Å². The zero-order chi connectivity index (χ0) is 15.2. The molecule has 0 spiro atoms. The van der Waals surface area contributed by atoms with Crippen molar-refractivity contribution in [2.24, 2.45) is 0 Å². The Balaban J connectivity index is 2.07. The predicted molar refractivity (Wildman–Crippen MR) is 83.8 cm³/mol. The number of rotatable bonds is 5. The number of nitrogens with one attached hydrogen (secondary N) is 1. The summed E-state index contributed by atoms with van der Waals surface area (Å²) < 4.78 is 5.47. The van der Waals surface area contributed by atoms with Gasteiger partial charge in [0, 0.05) is 5.69 Å². The van der Waals surface area contributed by atoms with Gasteiger partial charge < -0.3 is 15.8 Å². The largest absolute Gasteiger partial charge is 0.494 e. The minimum atomic E-state index is -0.408. The van der Waals surface area contributed by atoms with E-state index < -0.39 is 5.91 Å². The fourth-order valence-corrected chi connectivity index (χ4v) is 1.85. The van der Waals surface area contributed by atoms with Crippen LogP contribution in [-0.2, 0) is 0 Å². The van der Waals surface area contributed by atoms with Crippen LogP contribution in [0.5, 0.6) is 5.75 Å². The number of aromatic nitrogens is 1. The molecule has 1 aromatic carbocycles. The van der Waals surface area contributed by atoms with Crippen molar-refractivity contribution in [3.63, 3.8) is 0 Å². The molecule has 0 saturated carbocycles. The number of ether oxygens (including phenoxy) is 1. The van der Waals surface area contributed by atoms with Crippen LogP contribution in [0, 0.1) is 0 Å². The van der Waals surface area contributed by atoms with Gasteiger partial charge in [-0.15, -0.1) is 0 Å². The van der Waals surface area contributed by atoms with E-state index in [2.05, 4.69) is 10.3 Å². The Morgan fingerprint density at radius 2 is 2.00 bits per heavy atom. The second kappa shape index (κ2) is 6.95. The fourth-order valence-electron chi connectivity index (χ4n) is 1.66. The molecule has 0 aliphatic carbocycles. The average Bonchev–Trinajstić information content (AvgIpc) is 2.49. The fraction of sp³-hybridized carbons (Fsp3) is 0.200. The lowest BCUT2D eigenvalue weighted by atomic mass is 10.2. The number of benzene rings is 1. The highest BCUT2D eigenvalue weighted by molar-refractivity contribution is 6.34. The van der Waals surface area contributed by atoms with Crippen LogP contribution in [0.4, 0.5) is 11.5 Å². The van der Waals surface area contributed by atoms with Crippen LogP contribution >= 0.6 is 11.6 Å². The van der Waals surface area contributed by atoms with Crippen LogP contribution in [-0.4, -0.2) is 17.5 Å². The molecule has 0 radical (unpaired) electrons. The summed E-state index contributed by atoms with van der Waals surface area (Å²) in [6.45, 7) is 2.70. The third-order valence-corrected chi connectivity index (χ3v) is 2.97. The van der Waals surface area contributed by atoms with Gasteiger partial charge in [-0.25, -0.2) is 4.98 Å². The highest BCUT2D eigenvalue weighted by Gasteiger charge is 2.13. The number of carbonyl (C=O) groups excluding carboxylic acids is 1. The zero-order valence-corrected chi connectivity index (χ0v) is 12.4. The first-order valence-corrected chi connectivity index (χ1v) is 6.94. The molecule has 0 aliphatic heterocycles. The van der Waals surface area contributed by atoms with Crippen LogP contribution < -0.4 is 15.8 Å². The van der Waals surface area contributed by atoms with Crippen molar-refractivity contribution in [3.05, 3.63) is 47.1 Å². The molecule has 0 aliphatic rings. The Kier molecular flexibility index (Phi) is 5.00. The normalized spacial score (nSPS) is 10.2. The molecule has 0 fully saturated rings. The second-order valence-corrected chi connectivity index (χ2v) is 4.80. The van der Waals surface area contributed by atoms with Crippen LogP contribution in [0.2, 0.25) is 5.02 Å². The highest BCUT2D eigenvalue weighted by atomic mass is 35.5. The lowest BCUT2D eigenvalue weighted by Gasteiger charge is -2.08. The first kappa shape index (κ1) is 15.1. The molecule has 2 rings (SSSR count). The molecule has 2 aromatic rings. The average molecular weight is 306 g/mol. The molecule has 1 amide bonds. The Hall–Kier alpha value is -2.27. The molecule has 5 nitrogen and oxygen atoms in total. The maximum absolute atomic E-state index is 12.1. The number of nitrogen functional groups attached to an aromatic ring is 1. The van der Waals surface area contributed by atoms with E-state index in [1.807, 2.05) is 6.92 Å². The Labute approximate surface area is 128 Å². The van der Waals surface area contributed by atoms with Crippen LogP contribution in [0.15, 0.2) is 36.4 Å². The van der Waals surface area contributed by atoms with Gasteiger partial charge in [0.1, 0.15) is 17.3 Å². The summed E-state index contributed by atoms with van der Waals surface area (Å²) in [5.74, 6) is 0.595. The van der Waals surface area contributed by atoms with Gasteiger partial charge in [-0.3, -0.25) is 4.79 Å². The third kappa shape index (κ3) is 4.10.